The van der Waals surface area contributed by atoms with Crippen molar-refractivity contribution in [3.05, 3.63) is 36.2 Å². The number of allylic oxidation sites excluding steroid dienone is 1. The lowest BCUT2D eigenvalue weighted by molar-refractivity contribution is 0.0169. The monoisotopic (exact) mass is 362 g/mol. The van der Waals surface area contributed by atoms with Gasteiger partial charge in [0, 0.05) is 44.4 Å². The maximum Gasteiger partial charge on any atom is 0.203 e. The molecule has 8 heteroatoms. The van der Waals surface area contributed by atoms with Crippen LogP contribution in [0.1, 0.15) is 5.56 Å². The highest BCUT2D eigenvalue weighted by molar-refractivity contribution is 5.70. The van der Waals surface area contributed by atoms with Gasteiger partial charge < -0.3 is 23.7 Å². The van der Waals surface area contributed by atoms with Crippen LogP contribution >= 0.6 is 0 Å². The third kappa shape index (κ3) is 3.92. The van der Waals surface area contributed by atoms with Crippen molar-refractivity contribution in [1.29, 1.82) is 0 Å². The van der Waals surface area contributed by atoms with E-state index in [9.17, 15) is 0 Å². The summed E-state index contributed by atoms with van der Waals surface area (Å²) in [5.41, 5.74) is 6.31. The summed E-state index contributed by atoms with van der Waals surface area (Å²) in [6.45, 7) is 4.13. The Hall–Kier alpha value is -2.71. The van der Waals surface area contributed by atoms with Gasteiger partial charge in [0.05, 0.1) is 21.3 Å². The van der Waals surface area contributed by atoms with Gasteiger partial charge in [-0.1, -0.05) is 11.7 Å². The minimum absolute atomic E-state index is 0.531. The fraction of sp³-hybridized carbons (Fsp3) is 0.389. The number of ether oxygens (including phenoxy) is 3. The molecule has 2 aromatic rings. The quantitative estimate of drug-likeness (QED) is 0.682. The standard InChI is InChI=1S/C18H26N4O4/c1-12(21(3)22(4)19-2)8-14-11-26-20-17(14)13-9-15(23-5)18(25-7)16(10-13)24-6/h9-11,19H,1,8H2,2-7H3. The molecule has 0 spiro atoms. The van der Waals surface area contributed by atoms with Crippen molar-refractivity contribution in [1.82, 2.24) is 20.7 Å². The second kappa shape index (κ2) is 8.59. The summed E-state index contributed by atoms with van der Waals surface area (Å²) in [5, 5.41) is 7.89. The van der Waals surface area contributed by atoms with E-state index in [0.717, 1.165) is 16.8 Å². The van der Waals surface area contributed by atoms with Gasteiger partial charge in [-0.3, -0.25) is 0 Å². The maximum atomic E-state index is 5.42. The molecule has 1 N–H and O–H groups in total. The Morgan fingerprint density at radius 3 is 2.27 bits per heavy atom. The second-order valence-corrected chi connectivity index (χ2v) is 5.62. The number of hydrazine groups is 2. The molecular formula is C18H26N4O4. The number of likely N-dealkylation sites (N-methyl/N-ethyl adjacent to an activating group) is 1. The lowest BCUT2D eigenvalue weighted by atomic mass is 10.0. The molecule has 26 heavy (non-hydrogen) atoms. The van der Waals surface area contributed by atoms with Crippen LogP contribution in [0.4, 0.5) is 0 Å². The first kappa shape index (κ1) is 19.6. The molecule has 0 amide bonds. The lowest BCUT2D eigenvalue weighted by Crippen LogP contribution is -2.43. The molecule has 0 unspecified atom stereocenters. The zero-order chi connectivity index (χ0) is 19.3. The number of nitrogens with zero attached hydrogens (tertiary/aromatic N) is 3. The SMILES string of the molecule is C=C(Cc1conc1-c1cc(OC)c(OC)c(OC)c1)N(C)N(C)NC. The Bertz CT molecular complexity index is 734. The van der Waals surface area contributed by atoms with E-state index < -0.39 is 0 Å². The van der Waals surface area contributed by atoms with Crippen LogP contribution in [0.15, 0.2) is 35.2 Å². The summed E-state index contributed by atoms with van der Waals surface area (Å²) in [4.78, 5) is 0. The fourth-order valence-corrected chi connectivity index (χ4v) is 2.53. The molecule has 0 saturated carbocycles. The van der Waals surface area contributed by atoms with E-state index in [0.29, 0.717) is 29.4 Å². The van der Waals surface area contributed by atoms with Crippen molar-refractivity contribution in [2.24, 2.45) is 0 Å². The third-order valence-corrected chi connectivity index (χ3v) is 4.21. The molecule has 1 aromatic carbocycles. The molecule has 0 atom stereocenters. The predicted octanol–water partition coefficient (Wildman–Crippen LogP) is 2.34. The number of benzene rings is 1. The van der Waals surface area contributed by atoms with E-state index in [2.05, 4.69) is 17.2 Å². The molecule has 0 saturated heterocycles. The van der Waals surface area contributed by atoms with Gasteiger partial charge >= 0.3 is 0 Å². The number of methoxy groups -OCH3 is 3. The van der Waals surface area contributed by atoms with Crippen molar-refractivity contribution in [2.45, 2.75) is 6.42 Å². The van der Waals surface area contributed by atoms with Crippen LogP contribution in [0.25, 0.3) is 11.3 Å². The summed E-state index contributed by atoms with van der Waals surface area (Å²) < 4.78 is 21.4. The minimum atomic E-state index is 0.531. The largest absolute Gasteiger partial charge is 0.493 e. The highest BCUT2D eigenvalue weighted by atomic mass is 16.5. The number of aromatic nitrogens is 1. The Labute approximate surface area is 153 Å². The molecule has 0 aliphatic heterocycles. The average Bonchev–Trinajstić information content (AvgIpc) is 3.13. The van der Waals surface area contributed by atoms with Crippen LogP contribution in [0, 0.1) is 0 Å². The molecule has 2 rings (SSSR count). The highest BCUT2D eigenvalue weighted by Gasteiger charge is 2.19. The average molecular weight is 362 g/mol. The van der Waals surface area contributed by atoms with Crippen LogP contribution in [0.3, 0.4) is 0 Å². The zero-order valence-corrected chi connectivity index (χ0v) is 16.1. The van der Waals surface area contributed by atoms with Crippen molar-refractivity contribution >= 4 is 0 Å². The van der Waals surface area contributed by atoms with Gasteiger partial charge in [-0.15, -0.1) is 0 Å². The first-order chi connectivity index (χ1) is 12.5. The molecule has 0 aliphatic rings. The molecule has 1 heterocycles. The minimum Gasteiger partial charge on any atom is -0.493 e. The summed E-state index contributed by atoms with van der Waals surface area (Å²) in [6.07, 6.45) is 2.19. The molecule has 0 fully saturated rings. The summed E-state index contributed by atoms with van der Waals surface area (Å²) in [5.74, 6) is 1.65. The molecule has 142 valence electrons. The van der Waals surface area contributed by atoms with Crippen LogP contribution in [-0.2, 0) is 6.42 Å². The van der Waals surface area contributed by atoms with Gasteiger partial charge in [-0.2, -0.15) is 5.12 Å². The van der Waals surface area contributed by atoms with Gasteiger partial charge in [0.2, 0.25) is 5.75 Å². The normalized spacial score (nSPS) is 10.7. The zero-order valence-electron chi connectivity index (χ0n) is 16.1. The smallest absolute Gasteiger partial charge is 0.203 e. The van der Waals surface area contributed by atoms with Crippen LogP contribution in [0.5, 0.6) is 17.2 Å². The van der Waals surface area contributed by atoms with Gasteiger partial charge in [-0.05, 0) is 12.1 Å². The van der Waals surface area contributed by atoms with Crippen molar-refractivity contribution < 1.29 is 18.7 Å². The van der Waals surface area contributed by atoms with Crippen molar-refractivity contribution in [2.75, 3.05) is 42.5 Å². The van der Waals surface area contributed by atoms with Gasteiger partial charge in [-0.25, -0.2) is 5.43 Å². The Kier molecular flexibility index (Phi) is 6.48. The Balaban J connectivity index is 2.37. The van der Waals surface area contributed by atoms with Crippen LogP contribution < -0.4 is 19.6 Å². The molecular weight excluding hydrogens is 336 g/mol. The van der Waals surface area contributed by atoms with E-state index in [1.165, 1.54) is 0 Å². The second-order valence-electron chi connectivity index (χ2n) is 5.62. The van der Waals surface area contributed by atoms with Crippen LogP contribution in [-0.4, -0.2) is 57.8 Å². The summed E-state index contributed by atoms with van der Waals surface area (Å²) in [7, 11) is 10.4. The number of hydrogen-bond acceptors (Lipinski definition) is 8. The van der Waals surface area contributed by atoms with Gasteiger partial charge in [0.15, 0.2) is 11.5 Å². The summed E-state index contributed by atoms with van der Waals surface area (Å²) in [6, 6.07) is 3.68. The van der Waals surface area contributed by atoms with E-state index >= 15 is 0 Å². The molecule has 1 aromatic heterocycles. The van der Waals surface area contributed by atoms with Crippen molar-refractivity contribution in [3.63, 3.8) is 0 Å². The predicted molar refractivity (Wildman–Crippen MR) is 99.0 cm³/mol. The Morgan fingerprint density at radius 2 is 1.77 bits per heavy atom. The molecule has 8 nitrogen and oxygen atoms in total. The van der Waals surface area contributed by atoms with E-state index in [4.69, 9.17) is 18.7 Å². The third-order valence-electron chi connectivity index (χ3n) is 4.21. The van der Waals surface area contributed by atoms with E-state index in [-0.39, 0.29) is 0 Å². The van der Waals surface area contributed by atoms with Crippen molar-refractivity contribution in [3.8, 4) is 28.5 Å². The number of nitrogens with one attached hydrogen (secondary N) is 1. The lowest BCUT2D eigenvalue weighted by Gasteiger charge is -2.30. The van der Waals surface area contributed by atoms with Gasteiger partial charge in [0.25, 0.3) is 0 Å². The number of rotatable bonds is 9. The molecule has 0 aliphatic carbocycles. The van der Waals surface area contributed by atoms with Gasteiger partial charge in [0.1, 0.15) is 12.0 Å². The first-order valence-corrected chi connectivity index (χ1v) is 8.02. The van der Waals surface area contributed by atoms with Crippen LogP contribution in [0.2, 0.25) is 0 Å². The molecule has 0 bridgehead atoms. The first-order valence-electron chi connectivity index (χ1n) is 8.02. The topological polar surface area (TPSA) is 72.2 Å². The highest BCUT2D eigenvalue weighted by Crippen LogP contribution is 2.41. The van der Waals surface area contributed by atoms with E-state index in [1.807, 2.05) is 43.4 Å². The maximum absolute atomic E-state index is 5.42. The van der Waals surface area contributed by atoms with E-state index in [1.54, 1.807) is 27.6 Å². The summed E-state index contributed by atoms with van der Waals surface area (Å²) >= 11 is 0. The number of hydrogen-bond donors (Lipinski definition) is 1. The molecule has 0 radical (unpaired) electrons. The Morgan fingerprint density at radius 1 is 1.15 bits per heavy atom. The fourth-order valence-electron chi connectivity index (χ4n) is 2.53.